The topological polar surface area (TPSA) is 54.5 Å². The van der Waals surface area contributed by atoms with Crippen molar-refractivity contribution in [1.29, 1.82) is 0 Å². The van der Waals surface area contributed by atoms with Gasteiger partial charge in [-0.1, -0.05) is 0 Å². The van der Waals surface area contributed by atoms with E-state index in [2.05, 4.69) is 0 Å². The zero-order valence-electron chi connectivity index (χ0n) is 13.5. The van der Waals surface area contributed by atoms with Gasteiger partial charge in [0.25, 0.3) is 10.0 Å². The first-order chi connectivity index (χ1) is 11.3. The smallest absolute Gasteiger partial charge is 0.264 e. The molecule has 2 aromatic rings. The third-order valence-corrected chi connectivity index (χ3v) is 6.09. The first-order valence-corrected chi connectivity index (χ1v) is 9.17. The molecule has 3 rings (SSSR count). The molecule has 0 unspecified atom stereocenters. The Kier molecular flexibility index (Phi) is 4.17. The van der Waals surface area contributed by atoms with Gasteiger partial charge in [0.1, 0.15) is 5.82 Å². The third-order valence-electron chi connectivity index (χ3n) is 4.28. The Bertz CT molecular complexity index is 922. The summed E-state index contributed by atoms with van der Waals surface area (Å²) in [6.07, 6.45) is 1.40. The van der Waals surface area contributed by atoms with E-state index in [1.54, 1.807) is 18.2 Å². The van der Waals surface area contributed by atoms with Crippen molar-refractivity contribution in [3.63, 3.8) is 0 Å². The lowest BCUT2D eigenvalue weighted by molar-refractivity contribution is 0.101. The first-order valence-electron chi connectivity index (χ1n) is 7.73. The Morgan fingerprint density at radius 2 is 1.92 bits per heavy atom. The fourth-order valence-corrected chi connectivity index (χ4v) is 4.56. The zero-order chi connectivity index (χ0) is 17.5. The maximum Gasteiger partial charge on any atom is 0.264 e. The van der Waals surface area contributed by atoms with Gasteiger partial charge in [0.2, 0.25) is 0 Å². The second kappa shape index (κ2) is 6.02. The van der Waals surface area contributed by atoms with Crippen LogP contribution in [0.4, 0.5) is 10.1 Å². The summed E-state index contributed by atoms with van der Waals surface area (Å²) in [7, 11) is -3.77. The van der Waals surface area contributed by atoms with E-state index in [9.17, 15) is 17.6 Å². The fraction of sp³-hybridized carbons (Fsp3) is 0.278. The van der Waals surface area contributed by atoms with Gasteiger partial charge in [-0.3, -0.25) is 9.10 Å². The number of aryl methyl sites for hydroxylation is 2. The number of halogens is 1. The number of ketones is 1. The van der Waals surface area contributed by atoms with Crippen molar-refractivity contribution in [1.82, 2.24) is 0 Å². The highest BCUT2D eigenvalue weighted by Crippen LogP contribution is 2.33. The van der Waals surface area contributed by atoms with E-state index in [4.69, 9.17) is 0 Å². The lowest BCUT2D eigenvalue weighted by Crippen LogP contribution is -2.35. The normalized spacial score (nSPS) is 14.4. The average Bonchev–Trinajstić information content (AvgIpc) is 2.56. The van der Waals surface area contributed by atoms with Crippen LogP contribution in [0.5, 0.6) is 0 Å². The number of rotatable bonds is 3. The quantitative estimate of drug-likeness (QED) is 0.799. The van der Waals surface area contributed by atoms with Crippen molar-refractivity contribution in [3.8, 4) is 0 Å². The molecule has 0 saturated carbocycles. The molecule has 0 amide bonds. The van der Waals surface area contributed by atoms with E-state index in [0.717, 1.165) is 12.0 Å². The zero-order valence-corrected chi connectivity index (χ0v) is 14.4. The van der Waals surface area contributed by atoms with Gasteiger partial charge in [-0.15, -0.1) is 0 Å². The minimum absolute atomic E-state index is 0.0491. The minimum Gasteiger partial charge on any atom is -0.295 e. The molecule has 0 atom stereocenters. The largest absolute Gasteiger partial charge is 0.295 e. The molecular formula is C18H18FNO3S. The highest BCUT2D eigenvalue weighted by molar-refractivity contribution is 7.92. The predicted molar refractivity (Wildman–Crippen MR) is 90.4 cm³/mol. The van der Waals surface area contributed by atoms with E-state index in [0.29, 0.717) is 29.8 Å². The number of hydrogen-bond acceptors (Lipinski definition) is 3. The van der Waals surface area contributed by atoms with Crippen LogP contribution in [-0.2, 0) is 16.4 Å². The molecule has 2 aromatic carbocycles. The first kappa shape index (κ1) is 16.6. The van der Waals surface area contributed by atoms with Crippen LogP contribution in [0.2, 0.25) is 0 Å². The van der Waals surface area contributed by atoms with Crippen molar-refractivity contribution in [2.45, 2.75) is 31.6 Å². The van der Waals surface area contributed by atoms with Crippen LogP contribution in [0.1, 0.15) is 34.8 Å². The van der Waals surface area contributed by atoms with Gasteiger partial charge in [-0.2, -0.15) is 0 Å². The Hall–Kier alpha value is -2.21. The number of nitrogens with zero attached hydrogens (tertiary/aromatic N) is 1. The molecule has 4 nitrogen and oxygen atoms in total. The van der Waals surface area contributed by atoms with Crippen molar-refractivity contribution in [3.05, 3.63) is 58.9 Å². The maximum atomic E-state index is 13.4. The van der Waals surface area contributed by atoms with Gasteiger partial charge < -0.3 is 0 Å². The highest BCUT2D eigenvalue weighted by atomic mass is 32.2. The Balaban J connectivity index is 2.07. The summed E-state index contributed by atoms with van der Waals surface area (Å²) in [6, 6.07) is 8.89. The summed E-state index contributed by atoms with van der Waals surface area (Å²) in [6.45, 7) is 3.39. The van der Waals surface area contributed by atoms with Crippen molar-refractivity contribution < 1.29 is 17.6 Å². The van der Waals surface area contributed by atoms with Gasteiger partial charge in [-0.05, 0) is 74.2 Å². The lowest BCUT2D eigenvalue weighted by Gasteiger charge is -2.30. The van der Waals surface area contributed by atoms with Crippen LogP contribution in [0.15, 0.2) is 41.3 Å². The molecule has 0 radical (unpaired) electrons. The molecule has 0 aromatic heterocycles. The molecule has 6 heteroatoms. The summed E-state index contributed by atoms with van der Waals surface area (Å²) >= 11 is 0. The summed E-state index contributed by atoms with van der Waals surface area (Å²) in [5.41, 5.74) is 2.30. The predicted octanol–water partition coefficient (Wildman–Crippen LogP) is 3.48. The number of carbonyl (C=O) groups excluding carboxylic acids is 1. The molecule has 0 N–H and O–H groups in total. The van der Waals surface area contributed by atoms with E-state index >= 15 is 0 Å². The molecule has 0 saturated heterocycles. The fourth-order valence-electron chi connectivity index (χ4n) is 2.94. The molecule has 0 bridgehead atoms. The average molecular weight is 347 g/mol. The monoisotopic (exact) mass is 347 g/mol. The maximum absolute atomic E-state index is 13.4. The number of sulfonamides is 1. The van der Waals surface area contributed by atoms with Crippen LogP contribution in [0.25, 0.3) is 0 Å². The SMILES string of the molecule is CC(=O)c1ccc2c(c1)CCCN2S(=O)(=O)c1ccc(F)c(C)c1. The van der Waals surface area contributed by atoms with Crippen LogP contribution in [0, 0.1) is 12.7 Å². The van der Waals surface area contributed by atoms with Crippen LogP contribution in [-0.4, -0.2) is 20.7 Å². The Morgan fingerprint density at radius 3 is 2.58 bits per heavy atom. The summed E-state index contributed by atoms with van der Waals surface area (Å²) in [5.74, 6) is -0.481. The molecule has 0 spiro atoms. The summed E-state index contributed by atoms with van der Waals surface area (Å²) in [4.78, 5) is 11.6. The van der Waals surface area contributed by atoms with Gasteiger partial charge in [-0.25, -0.2) is 12.8 Å². The van der Waals surface area contributed by atoms with Crippen molar-refractivity contribution in [2.24, 2.45) is 0 Å². The number of anilines is 1. The van der Waals surface area contributed by atoms with Crippen LogP contribution >= 0.6 is 0 Å². The number of benzene rings is 2. The Labute approximate surface area is 141 Å². The third kappa shape index (κ3) is 2.82. The highest BCUT2D eigenvalue weighted by Gasteiger charge is 2.29. The molecule has 1 aliphatic heterocycles. The van der Waals surface area contributed by atoms with Gasteiger partial charge >= 0.3 is 0 Å². The minimum atomic E-state index is -3.77. The van der Waals surface area contributed by atoms with Crippen LogP contribution in [0.3, 0.4) is 0 Å². The van der Waals surface area contributed by atoms with E-state index in [1.165, 1.54) is 36.4 Å². The molecule has 1 heterocycles. The molecular weight excluding hydrogens is 329 g/mol. The molecule has 126 valence electrons. The van der Waals surface area contributed by atoms with Crippen molar-refractivity contribution >= 4 is 21.5 Å². The Morgan fingerprint density at radius 1 is 1.17 bits per heavy atom. The second-order valence-corrected chi connectivity index (χ2v) is 7.85. The van der Waals surface area contributed by atoms with E-state index in [1.807, 2.05) is 0 Å². The number of fused-ring (bicyclic) bond motifs is 1. The van der Waals surface area contributed by atoms with Gasteiger partial charge in [0.15, 0.2) is 5.78 Å². The standard InChI is InChI=1S/C18H18FNO3S/c1-12-10-16(6-7-17(12)19)24(22,23)20-9-3-4-15-11-14(13(2)21)5-8-18(15)20/h5-8,10-11H,3-4,9H2,1-2H3. The molecule has 0 fully saturated rings. The number of carbonyl (C=O) groups is 1. The lowest BCUT2D eigenvalue weighted by atomic mass is 9.99. The summed E-state index contributed by atoms with van der Waals surface area (Å²) < 4.78 is 40.7. The molecule has 24 heavy (non-hydrogen) atoms. The van der Waals surface area contributed by atoms with Crippen LogP contribution < -0.4 is 4.31 Å². The van der Waals surface area contributed by atoms with E-state index < -0.39 is 15.8 Å². The molecule has 1 aliphatic rings. The molecule has 0 aliphatic carbocycles. The van der Waals surface area contributed by atoms with Crippen molar-refractivity contribution in [2.75, 3.05) is 10.8 Å². The van der Waals surface area contributed by atoms with E-state index in [-0.39, 0.29) is 10.7 Å². The second-order valence-electron chi connectivity index (χ2n) is 5.99. The van der Waals surface area contributed by atoms with Gasteiger partial charge in [0.05, 0.1) is 10.6 Å². The number of Topliss-reactive ketones (excluding diaryl/α,β-unsaturated/α-hetero) is 1. The van der Waals surface area contributed by atoms with Gasteiger partial charge in [0, 0.05) is 12.1 Å². The number of hydrogen-bond donors (Lipinski definition) is 0. The summed E-state index contributed by atoms with van der Waals surface area (Å²) in [5, 5.41) is 0.